The third-order valence-corrected chi connectivity index (χ3v) is 3.18. The molecular formula is C12H17BrN2O2. The van der Waals surface area contributed by atoms with Gasteiger partial charge in [0.05, 0.1) is 4.92 Å². The average molecular weight is 301 g/mol. The lowest BCUT2D eigenvalue weighted by Crippen LogP contribution is -2.20. The van der Waals surface area contributed by atoms with Crippen LogP contribution in [0.1, 0.15) is 31.7 Å². The zero-order chi connectivity index (χ0) is 12.8. The molecule has 94 valence electrons. The first-order valence-corrected chi connectivity index (χ1v) is 6.52. The molecule has 2 N–H and O–H groups in total. The van der Waals surface area contributed by atoms with Gasteiger partial charge in [-0.15, -0.1) is 0 Å². The standard InChI is InChI=1S/C12H17BrN2O2/c1-2-3-11(14)7-5-9-4-6-10(13)8-12(9)15(16)17/h4,6,8,11H,2-3,5,7,14H2,1H3. The Morgan fingerprint density at radius 3 is 2.76 bits per heavy atom. The second-order valence-electron chi connectivity index (χ2n) is 4.12. The quantitative estimate of drug-likeness (QED) is 0.646. The van der Waals surface area contributed by atoms with Crippen LogP contribution < -0.4 is 5.73 Å². The van der Waals surface area contributed by atoms with Crippen LogP contribution in [0.4, 0.5) is 5.69 Å². The van der Waals surface area contributed by atoms with Gasteiger partial charge in [-0.05, 0) is 25.3 Å². The molecule has 4 nitrogen and oxygen atoms in total. The van der Waals surface area contributed by atoms with E-state index in [1.54, 1.807) is 12.1 Å². The van der Waals surface area contributed by atoms with Gasteiger partial charge >= 0.3 is 0 Å². The van der Waals surface area contributed by atoms with Crippen molar-refractivity contribution in [2.45, 2.75) is 38.6 Å². The first-order chi connectivity index (χ1) is 8.04. The predicted octanol–water partition coefficient (Wildman–Crippen LogP) is 3.42. The summed E-state index contributed by atoms with van der Waals surface area (Å²) in [6, 6.07) is 5.29. The van der Waals surface area contributed by atoms with E-state index in [0.717, 1.165) is 29.3 Å². The summed E-state index contributed by atoms with van der Waals surface area (Å²) in [4.78, 5) is 10.6. The Bertz CT molecular complexity index is 396. The van der Waals surface area contributed by atoms with Crippen LogP contribution in [-0.2, 0) is 6.42 Å². The highest BCUT2D eigenvalue weighted by atomic mass is 79.9. The molecule has 17 heavy (non-hydrogen) atoms. The van der Waals surface area contributed by atoms with E-state index in [1.807, 2.05) is 6.07 Å². The van der Waals surface area contributed by atoms with Gasteiger partial charge in [0, 0.05) is 22.1 Å². The third kappa shape index (κ3) is 4.44. The Balaban J connectivity index is 2.73. The van der Waals surface area contributed by atoms with Gasteiger partial charge < -0.3 is 5.73 Å². The Hall–Kier alpha value is -0.940. The molecule has 0 aliphatic heterocycles. The topological polar surface area (TPSA) is 69.2 Å². The van der Waals surface area contributed by atoms with E-state index < -0.39 is 0 Å². The molecule has 0 saturated carbocycles. The minimum atomic E-state index is -0.342. The minimum absolute atomic E-state index is 0.128. The zero-order valence-corrected chi connectivity index (χ0v) is 11.4. The number of hydrogen-bond acceptors (Lipinski definition) is 3. The second kappa shape index (κ2) is 6.71. The van der Waals surface area contributed by atoms with Crippen LogP contribution in [0.25, 0.3) is 0 Å². The number of nitro groups is 1. The van der Waals surface area contributed by atoms with Crippen molar-refractivity contribution in [3.8, 4) is 0 Å². The van der Waals surface area contributed by atoms with E-state index in [1.165, 1.54) is 0 Å². The fraction of sp³-hybridized carbons (Fsp3) is 0.500. The number of nitro benzene ring substituents is 1. The summed E-state index contributed by atoms with van der Waals surface area (Å²) in [5, 5.41) is 10.9. The highest BCUT2D eigenvalue weighted by molar-refractivity contribution is 9.10. The van der Waals surface area contributed by atoms with Crippen molar-refractivity contribution in [3.05, 3.63) is 38.3 Å². The van der Waals surface area contributed by atoms with E-state index in [-0.39, 0.29) is 16.7 Å². The molecule has 0 aliphatic rings. The molecule has 0 amide bonds. The van der Waals surface area contributed by atoms with Gasteiger partial charge in [0.25, 0.3) is 5.69 Å². The zero-order valence-electron chi connectivity index (χ0n) is 9.86. The van der Waals surface area contributed by atoms with E-state index in [2.05, 4.69) is 22.9 Å². The molecule has 0 fully saturated rings. The van der Waals surface area contributed by atoms with Crippen molar-refractivity contribution in [1.29, 1.82) is 0 Å². The number of aryl methyl sites for hydroxylation is 1. The molecule has 0 saturated heterocycles. The number of rotatable bonds is 6. The first kappa shape index (κ1) is 14.1. The van der Waals surface area contributed by atoms with E-state index >= 15 is 0 Å². The second-order valence-corrected chi connectivity index (χ2v) is 5.03. The number of nitrogens with zero attached hydrogens (tertiary/aromatic N) is 1. The third-order valence-electron chi connectivity index (χ3n) is 2.69. The maximum atomic E-state index is 10.9. The van der Waals surface area contributed by atoms with E-state index in [0.29, 0.717) is 6.42 Å². The molecule has 1 unspecified atom stereocenters. The van der Waals surface area contributed by atoms with E-state index in [9.17, 15) is 10.1 Å². The van der Waals surface area contributed by atoms with Crippen molar-refractivity contribution in [2.24, 2.45) is 5.73 Å². The van der Waals surface area contributed by atoms with Gasteiger partial charge in [0.15, 0.2) is 0 Å². The average Bonchev–Trinajstić information content (AvgIpc) is 2.27. The van der Waals surface area contributed by atoms with Crippen molar-refractivity contribution in [3.63, 3.8) is 0 Å². The summed E-state index contributed by atoms with van der Waals surface area (Å²) in [7, 11) is 0. The summed E-state index contributed by atoms with van der Waals surface area (Å²) in [6.07, 6.45) is 3.45. The summed E-state index contributed by atoms with van der Waals surface area (Å²) in [6.45, 7) is 2.09. The number of benzene rings is 1. The van der Waals surface area contributed by atoms with Crippen molar-refractivity contribution in [2.75, 3.05) is 0 Å². The Kier molecular flexibility index (Phi) is 5.58. The maximum absolute atomic E-state index is 10.9. The van der Waals surface area contributed by atoms with Crippen LogP contribution in [-0.4, -0.2) is 11.0 Å². The molecular weight excluding hydrogens is 284 g/mol. The molecule has 1 atom stereocenters. The summed E-state index contributed by atoms with van der Waals surface area (Å²) in [5.41, 5.74) is 6.83. The summed E-state index contributed by atoms with van der Waals surface area (Å²) < 4.78 is 0.728. The summed E-state index contributed by atoms with van der Waals surface area (Å²) >= 11 is 3.24. The number of halogens is 1. The van der Waals surface area contributed by atoms with Crippen LogP contribution in [0.15, 0.2) is 22.7 Å². The molecule has 5 heteroatoms. The fourth-order valence-corrected chi connectivity index (χ4v) is 2.12. The lowest BCUT2D eigenvalue weighted by Gasteiger charge is -2.10. The lowest BCUT2D eigenvalue weighted by molar-refractivity contribution is -0.385. The molecule has 1 rings (SSSR count). The Labute approximate surface area is 109 Å². The van der Waals surface area contributed by atoms with Crippen molar-refractivity contribution in [1.82, 2.24) is 0 Å². The summed E-state index contributed by atoms with van der Waals surface area (Å²) in [5.74, 6) is 0. The van der Waals surface area contributed by atoms with Gasteiger partial charge in [-0.25, -0.2) is 0 Å². The minimum Gasteiger partial charge on any atom is -0.328 e. The van der Waals surface area contributed by atoms with Gasteiger partial charge in [0.2, 0.25) is 0 Å². The molecule has 1 aromatic carbocycles. The molecule has 1 aromatic rings. The largest absolute Gasteiger partial charge is 0.328 e. The molecule has 0 aromatic heterocycles. The molecule has 0 heterocycles. The smallest absolute Gasteiger partial charge is 0.273 e. The number of hydrogen-bond donors (Lipinski definition) is 1. The SMILES string of the molecule is CCCC(N)CCc1ccc(Br)cc1[N+](=O)[O-]. The monoisotopic (exact) mass is 300 g/mol. The highest BCUT2D eigenvalue weighted by Crippen LogP contribution is 2.25. The highest BCUT2D eigenvalue weighted by Gasteiger charge is 2.14. The maximum Gasteiger partial charge on any atom is 0.273 e. The fourth-order valence-electron chi connectivity index (χ4n) is 1.77. The molecule has 0 aliphatic carbocycles. The lowest BCUT2D eigenvalue weighted by atomic mass is 10.0. The van der Waals surface area contributed by atoms with Crippen LogP contribution in [0.3, 0.4) is 0 Å². The van der Waals surface area contributed by atoms with Crippen LogP contribution in [0.2, 0.25) is 0 Å². The van der Waals surface area contributed by atoms with Gasteiger partial charge in [-0.3, -0.25) is 10.1 Å². The molecule has 0 bridgehead atoms. The van der Waals surface area contributed by atoms with Gasteiger partial charge in [-0.1, -0.05) is 35.3 Å². The first-order valence-electron chi connectivity index (χ1n) is 5.73. The van der Waals surface area contributed by atoms with Gasteiger partial charge in [-0.2, -0.15) is 0 Å². The van der Waals surface area contributed by atoms with Crippen molar-refractivity contribution < 1.29 is 4.92 Å². The number of nitrogens with two attached hydrogens (primary N) is 1. The van der Waals surface area contributed by atoms with Crippen LogP contribution in [0, 0.1) is 10.1 Å². The van der Waals surface area contributed by atoms with Crippen LogP contribution >= 0.6 is 15.9 Å². The van der Waals surface area contributed by atoms with E-state index in [4.69, 9.17) is 5.73 Å². The van der Waals surface area contributed by atoms with Crippen molar-refractivity contribution >= 4 is 21.6 Å². The normalized spacial score (nSPS) is 12.4. The predicted molar refractivity (Wildman–Crippen MR) is 72.0 cm³/mol. The Morgan fingerprint density at radius 1 is 1.47 bits per heavy atom. The Morgan fingerprint density at radius 2 is 2.18 bits per heavy atom. The molecule has 0 spiro atoms. The van der Waals surface area contributed by atoms with Crippen LogP contribution in [0.5, 0.6) is 0 Å². The molecule has 0 radical (unpaired) electrons. The van der Waals surface area contributed by atoms with Gasteiger partial charge in [0.1, 0.15) is 0 Å².